The normalized spacial score (nSPS) is 12.6. The zero-order valence-electron chi connectivity index (χ0n) is 27.5. The van der Waals surface area contributed by atoms with Gasteiger partial charge in [-0.05, 0) is 57.5 Å². The van der Waals surface area contributed by atoms with Crippen LogP contribution in [-0.4, -0.2) is 102 Å². The van der Waals surface area contributed by atoms with Crippen LogP contribution in [0, 0.1) is 0 Å². The summed E-state index contributed by atoms with van der Waals surface area (Å²) in [5.41, 5.74) is 0.151. The minimum atomic E-state index is -1.37. The molecule has 2 heterocycles. The fraction of sp³-hybridized carbons (Fsp3) is 0.387. The molecule has 20 nitrogen and oxygen atoms in total. The molecule has 3 atom stereocenters. The smallest absolute Gasteiger partial charge is 0.326 e. The van der Waals surface area contributed by atoms with Crippen molar-refractivity contribution in [2.24, 2.45) is 0 Å². The van der Waals surface area contributed by atoms with Gasteiger partial charge in [0.1, 0.15) is 17.9 Å². The summed E-state index contributed by atoms with van der Waals surface area (Å²) in [6.45, 7) is 1.41. The number of carboxylic acid groups (broad SMARTS) is 3. The van der Waals surface area contributed by atoms with Crippen LogP contribution in [0.1, 0.15) is 61.5 Å². The van der Waals surface area contributed by atoms with E-state index in [0.29, 0.717) is 11.4 Å². The Balaban J connectivity index is 1.57. The first kappa shape index (κ1) is 39.1. The van der Waals surface area contributed by atoms with E-state index in [2.05, 4.69) is 46.5 Å². The van der Waals surface area contributed by atoms with Gasteiger partial charge in [-0.15, -0.1) is 0 Å². The van der Waals surface area contributed by atoms with Gasteiger partial charge in [0.15, 0.2) is 11.2 Å². The first-order chi connectivity index (χ1) is 24.2. The number of hydrogen-bond acceptors (Lipinski definition) is 13. The van der Waals surface area contributed by atoms with Crippen LogP contribution < -0.4 is 32.1 Å². The molecule has 0 aliphatic heterocycles. The minimum Gasteiger partial charge on any atom is -0.481 e. The van der Waals surface area contributed by atoms with E-state index in [4.69, 9.17) is 5.11 Å². The second kappa shape index (κ2) is 18.5. The number of ketones is 1. The fourth-order valence-electron chi connectivity index (χ4n) is 4.55. The second-order valence-electron chi connectivity index (χ2n) is 11.2. The van der Waals surface area contributed by atoms with Crippen molar-refractivity contribution >= 4 is 64.2 Å². The van der Waals surface area contributed by atoms with Crippen molar-refractivity contribution in [1.29, 1.82) is 0 Å². The van der Waals surface area contributed by atoms with Crippen LogP contribution >= 0.6 is 0 Å². The Bertz CT molecular complexity index is 1850. The Labute approximate surface area is 288 Å². The first-order valence-corrected chi connectivity index (χ1v) is 15.5. The number of amides is 3. The average molecular weight is 712 g/mol. The molecule has 51 heavy (non-hydrogen) atoms. The van der Waals surface area contributed by atoms with Gasteiger partial charge in [0.2, 0.25) is 17.8 Å². The standard InChI is InChI=1S/C31H37N9O11/c1-15(41)3-8-20(29(48)49)36-22(42)11-9-19(32-2)27(46)39-31-38-25-24(28(47)40-31)35-18(14-34-25)13-33-17-6-4-16(5-7-17)26(45)37-21(30(50)51)10-12-23(43)44/h4-7,14,19-21,32-33H,3,8-13H2,1-2H3,(H,36,42)(H,37,45)(H,43,44)(H,48,49)(H,50,51)(H2,34,38,39,40,46,47). The van der Waals surface area contributed by atoms with Crippen molar-refractivity contribution < 1.29 is 48.9 Å². The Morgan fingerprint density at radius 3 is 2.06 bits per heavy atom. The molecule has 0 spiro atoms. The number of fused-ring (bicyclic) bond motifs is 1. The highest BCUT2D eigenvalue weighted by molar-refractivity contribution is 5.97. The number of carbonyl (C=O) groups is 7. The van der Waals surface area contributed by atoms with Crippen LogP contribution in [0.5, 0.6) is 0 Å². The number of benzene rings is 1. The van der Waals surface area contributed by atoms with Gasteiger partial charge < -0.3 is 41.4 Å². The highest BCUT2D eigenvalue weighted by Gasteiger charge is 2.24. The predicted molar refractivity (Wildman–Crippen MR) is 178 cm³/mol. The maximum Gasteiger partial charge on any atom is 0.326 e. The minimum absolute atomic E-state index is 0.0169. The lowest BCUT2D eigenvalue weighted by Crippen LogP contribution is -2.43. The molecule has 1 aromatic carbocycles. The number of carboxylic acids is 3. The molecule has 20 heteroatoms. The highest BCUT2D eigenvalue weighted by Crippen LogP contribution is 2.13. The molecule has 3 unspecified atom stereocenters. The monoisotopic (exact) mass is 711 g/mol. The average Bonchev–Trinajstić information content (AvgIpc) is 3.07. The van der Waals surface area contributed by atoms with Gasteiger partial charge in [-0.2, -0.15) is 4.98 Å². The lowest BCUT2D eigenvalue weighted by molar-refractivity contribution is -0.142. The zero-order chi connectivity index (χ0) is 37.7. The molecule has 3 rings (SSSR count). The number of Topliss-reactive ketones (excluding diaryl/α,β-unsaturated/α-hetero) is 1. The number of likely N-dealkylation sites (N-methyl/N-ethyl adjacent to an activating group) is 1. The maximum atomic E-state index is 12.9. The van der Waals surface area contributed by atoms with Crippen molar-refractivity contribution in [3.05, 3.63) is 52.1 Å². The molecule has 0 aliphatic carbocycles. The molecule has 0 saturated heterocycles. The van der Waals surface area contributed by atoms with Crippen molar-refractivity contribution in [3.63, 3.8) is 0 Å². The van der Waals surface area contributed by atoms with Gasteiger partial charge in [0.25, 0.3) is 11.5 Å². The highest BCUT2D eigenvalue weighted by atomic mass is 16.4. The van der Waals surface area contributed by atoms with Gasteiger partial charge >= 0.3 is 17.9 Å². The number of hydrogen-bond donors (Lipinski definition) is 9. The molecule has 0 bridgehead atoms. The van der Waals surface area contributed by atoms with Crippen molar-refractivity contribution in [3.8, 4) is 0 Å². The lowest BCUT2D eigenvalue weighted by atomic mass is 10.1. The van der Waals surface area contributed by atoms with E-state index in [9.17, 15) is 48.6 Å². The molecule has 9 N–H and O–H groups in total. The van der Waals surface area contributed by atoms with Crippen molar-refractivity contribution in [2.45, 2.75) is 70.1 Å². The number of nitrogens with one attached hydrogen (secondary N) is 6. The van der Waals surface area contributed by atoms with Gasteiger partial charge in [0, 0.05) is 30.5 Å². The van der Waals surface area contributed by atoms with Crippen LogP contribution in [0.2, 0.25) is 0 Å². The summed E-state index contributed by atoms with van der Waals surface area (Å²) in [6.07, 6.45) is 0.324. The van der Waals surface area contributed by atoms with E-state index in [1.807, 2.05) is 0 Å². The molecule has 3 aromatic rings. The molecule has 0 aliphatic rings. The summed E-state index contributed by atoms with van der Waals surface area (Å²) in [5.74, 6) is -6.23. The van der Waals surface area contributed by atoms with Crippen LogP contribution in [0.4, 0.5) is 11.6 Å². The lowest BCUT2D eigenvalue weighted by Gasteiger charge is -2.17. The number of aromatic amines is 1. The van der Waals surface area contributed by atoms with Gasteiger partial charge in [-0.25, -0.2) is 19.6 Å². The molecule has 0 saturated carbocycles. The van der Waals surface area contributed by atoms with Crippen LogP contribution in [0.25, 0.3) is 11.2 Å². The predicted octanol–water partition coefficient (Wildman–Crippen LogP) is -0.382. The molecule has 3 amide bonds. The second-order valence-corrected chi connectivity index (χ2v) is 11.2. The molecule has 272 valence electrons. The fourth-order valence-corrected chi connectivity index (χ4v) is 4.55. The third-order valence-corrected chi connectivity index (χ3v) is 7.32. The van der Waals surface area contributed by atoms with E-state index >= 15 is 0 Å². The van der Waals surface area contributed by atoms with E-state index in [1.54, 1.807) is 12.1 Å². The number of aromatic nitrogens is 4. The van der Waals surface area contributed by atoms with Crippen LogP contribution in [0.15, 0.2) is 35.3 Å². The Hall–Kier alpha value is -6.31. The molecule has 0 fully saturated rings. The molecule has 0 radical (unpaired) electrons. The van der Waals surface area contributed by atoms with Crippen LogP contribution in [-0.2, 0) is 35.3 Å². The topological polar surface area (TPSA) is 312 Å². The summed E-state index contributed by atoms with van der Waals surface area (Å²) in [4.78, 5) is 110. The Morgan fingerprint density at radius 2 is 1.45 bits per heavy atom. The SMILES string of the molecule is CNC(CCC(=O)NC(CCC(C)=O)C(=O)O)C(=O)Nc1nc2ncc(CNc3ccc(C(=O)NC(CCC(=O)O)C(=O)O)cc3)nc2c(=O)[nH]1. The zero-order valence-corrected chi connectivity index (χ0v) is 27.5. The number of H-pyrrole nitrogens is 1. The summed E-state index contributed by atoms with van der Waals surface area (Å²) < 4.78 is 0. The Morgan fingerprint density at radius 1 is 0.824 bits per heavy atom. The van der Waals surface area contributed by atoms with Crippen LogP contribution in [0.3, 0.4) is 0 Å². The first-order valence-electron chi connectivity index (χ1n) is 15.5. The summed E-state index contributed by atoms with van der Waals surface area (Å²) in [5, 5.41) is 40.2. The van der Waals surface area contributed by atoms with Gasteiger partial charge in [0.05, 0.1) is 24.5 Å². The van der Waals surface area contributed by atoms with E-state index in [1.165, 1.54) is 32.3 Å². The Kier molecular flexibility index (Phi) is 14.2. The number of carbonyl (C=O) groups excluding carboxylic acids is 4. The van der Waals surface area contributed by atoms with E-state index < -0.39 is 65.7 Å². The van der Waals surface area contributed by atoms with Gasteiger partial charge in [-0.3, -0.25) is 34.3 Å². The third-order valence-electron chi connectivity index (χ3n) is 7.32. The number of aliphatic carboxylic acids is 3. The number of anilines is 2. The summed E-state index contributed by atoms with van der Waals surface area (Å²) >= 11 is 0. The van der Waals surface area contributed by atoms with Crippen molar-refractivity contribution in [1.82, 2.24) is 35.9 Å². The largest absolute Gasteiger partial charge is 0.481 e. The number of nitrogens with zero attached hydrogens (tertiary/aromatic N) is 3. The van der Waals surface area contributed by atoms with E-state index in [0.717, 1.165) is 0 Å². The van der Waals surface area contributed by atoms with Crippen molar-refractivity contribution in [2.75, 3.05) is 17.7 Å². The summed E-state index contributed by atoms with van der Waals surface area (Å²) in [6, 6.07) is 2.43. The number of rotatable bonds is 20. The third kappa shape index (κ3) is 12.3. The maximum absolute atomic E-state index is 12.9. The summed E-state index contributed by atoms with van der Waals surface area (Å²) in [7, 11) is 1.47. The van der Waals surface area contributed by atoms with E-state index in [-0.39, 0.29) is 67.1 Å². The molecular weight excluding hydrogens is 674 g/mol. The molecule has 2 aromatic heterocycles. The quantitative estimate of drug-likeness (QED) is 0.0721. The van der Waals surface area contributed by atoms with Gasteiger partial charge in [-0.1, -0.05) is 0 Å². The molecular formula is C31H37N9O11.